The van der Waals surface area contributed by atoms with Crippen molar-refractivity contribution < 1.29 is 4.74 Å². The first-order valence-corrected chi connectivity index (χ1v) is 5.27. The smallest absolute Gasteiger partial charge is 0.111 e. The molecule has 2 N–H and O–H groups in total. The highest BCUT2D eigenvalue weighted by molar-refractivity contribution is 5.38. The van der Waals surface area contributed by atoms with Gasteiger partial charge in [-0.25, -0.2) is 4.68 Å². The minimum Gasteiger partial charge on any atom is -0.471 e. The van der Waals surface area contributed by atoms with Crippen molar-refractivity contribution in [1.82, 2.24) is 15.0 Å². The Morgan fingerprint density at radius 1 is 1.50 bits per heavy atom. The maximum absolute atomic E-state index is 5.42. The average Bonchev–Trinajstić information content (AvgIpc) is 2.77. The molecule has 1 aromatic rings. The quantitative estimate of drug-likeness (QED) is 0.767. The summed E-state index contributed by atoms with van der Waals surface area (Å²) < 4.78 is 6.94. The monoisotopic (exact) mass is 222 g/mol. The van der Waals surface area contributed by atoms with Crippen LogP contribution in [0.2, 0.25) is 0 Å². The fourth-order valence-electron chi connectivity index (χ4n) is 0.984. The number of nitrogens with zero attached hydrogens (tertiary/aromatic N) is 3. The van der Waals surface area contributed by atoms with Crippen LogP contribution in [0.5, 0.6) is 0 Å². The summed E-state index contributed by atoms with van der Waals surface area (Å²) in [6.07, 6.45) is 6.00. The molecule has 0 saturated heterocycles. The van der Waals surface area contributed by atoms with Gasteiger partial charge in [-0.2, -0.15) is 0 Å². The van der Waals surface area contributed by atoms with Crippen LogP contribution in [0.25, 0.3) is 5.70 Å². The highest BCUT2D eigenvalue weighted by Crippen LogP contribution is 2.04. The van der Waals surface area contributed by atoms with Gasteiger partial charge >= 0.3 is 0 Å². The van der Waals surface area contributed by atoms with Crippen molar-refractivity contribution in [1.29, 1.82) is 0 Å². The second-order valence-corrected chi connectivity index (χ2v) is 3.57. The summed E-state index contributed by atoms with van der Waals surface area (Å²) in [6, 6.07) is 0. The molecule has 0 spiro atoms. The van der Waals surface area contributed by atoms with Gasteiger partial charge in [0, 0.05) is 6.54 Å². The first kappa shape index (κ1) is 12.4. The van der Waals surface area contributed by atoms with Gasteiger partial charge in [-0.3, -0.25) is 0 Å². The Morgan fingerprint density at radius 2 is 2.25 bits per heavy atom. The molecule has 0 aliphatic heterocycles. The van der Waals surface area contributed by atoms with Crippen LogP contribution in [0.15, 0.2) is 24.3 Å². The van der Waals surface area contributed by atoms with Gasteiger partial charge in [-0.05, 0) is 25.8 Å². The van der Waals surface area contributed by atoms with Crippen molar-refractivity contribution in [3.05, 3.63) is 30.0 Å². The van der Waals surface area contributed by atoms with Crippen molar-refractivity contribution >= 4 is 5.70 Å². The lowest BCUT2D eigenvalue weighted by Gasteiger charge is -1.99. The number of aromatic nitrogens is 3. The van der Waals surface area contributed by atoms with Gasteiger partial charge in [0.2, 0.25) is 0 Å². The van der Waals surface area contributed by atoms with Crippen molar-refractivity contribution in [3.8, 4) is 0 Å². The first-order valence-electron chi connectivity index (χ1n) is 5.27. The van der Waals surface area contributed by atoms with Crippen molar-refractivity contribution in [2.75, 3.05) is 6.54 Å². The second kappa shape index (κ2) is 6.07. The lowest BCUT2D eigenvalue weighted by molar-refractivity contribution is 0.396. The molecule has 0 amide bonds. The zero-order chi connectivity index (χ0) is 12.0. The van der Waals surface area contributed by atoms with Crippen LogP contribution in [0, 0.1) is 0 Å². The number of nitrogens with two attached hydrogens (primary N) is 1. The van der Waals surface area contributed by atoms with Crippen LogP contribution in [0.4, 0.5) is 0 Å². The Hall–Kier alpha value is -1.62. The number of rotatable bonds is 5. The van der Waals surface area contributed by atoms with Gasteiger partial charge in [0.05, 0.1) is 23.8 Å². The van der Waals surface area contributed by atoms with Crippen LogP contribution in [-0.4, -0.2) is 21.5 Å². The molecule has 0 saturated carbocycles. The normalized spacial score (nSPS) is 13.0. The zero-order valence-corrected chi connectivity index (χ0v) is 9.97. The Morgan fingerprint density at radius 3 is 2.81 bits per heavy atom. The minimum atomic E-state index is 0.496. The highest BCUT2D eigenvalue weighted by atomic mass is 16.5. The Balaban J connectivity index is 2.63. The third-order valence-corrected chi connectivity index (χ3v) is 2.09. The molecule has 5 heteroatoms. The van der Waals surface area contributed by atoms with E-state index < -0.39 is 0 Å². The van der Waals surface area contributed by atoms with Crippen LogP contribution >= 0.6 is 0 Å². The summed E-state index contributed by atoms with van der Waals surface area (Å²) >= 11 is 0. The maximum Gasteiger partial charge on any atom is 0.111 e. The van der Waals surface area contributed by atoms with E-state index in [2.05, 4.69) is 10.3 Å². The molecule has 0 atom stereocenters. The largest absolute Gasteiger partial charge is 0.471 e. The van der Waals surface area contributed by atoms with E-state index in [4.69, 9.17) is 10.5 Å². The third kappa shape index (κ3) is 3.51. The first-order chi connectivity index (χ1) is 7.67. The van der Waals surface area contributed by atoms with Crippen molar-refractivity contribution in [3.63, 3.8) is 0 Å². The molecule has 0 radical (unpaired) electrons. The van der Waals surface area contributed by atoms with Crippen LogP contribution in [0.3, 0.4) is 0 Å². The summed E-state index contributed by atoms with van der Waals surface area (Å²) in [4.78, 5) is 0. The van der Waals surface area contributed by atoms with Crippen molar-refractivity contribution in [2.24, 2.45) is 5.73 Å². The Labute approximate surface area is 95.6 Å². The van der Waals surface area contributed by atoms with E-state index in [1.54, 1.807) is 17.2 Å². The standard InChI is InChI=1S/C11H18N4O/c1-4-11-6-15(14-13-11)10(3)8-16-7-9(2)5-12/h6-8H,4-5,12H2,1-3H3/b9-7+,10-8+. The van der Waals surface area contributed by atoms with E-state index in [9.17, 15) is 0 Å². The molecule has 1 aromatic heterocycles. The van der Waals surface area contributed by atoms with E-state index in [-0.39, 0.29) is 0 Å². The van der Waals surface area contributed by atoms with Gasteiger partial charge in [0.1, 0.15) is 6.26 Å². The Kier molecular flexibility index (Phi) is 4.72. The summed E-state index contributed by atoms with van der Waals surface area (Å²) in [5, 5.41) is 7.97. The van der Waals surface area contributed by atoms with Crippen LogP contribution in [-0.2, 0) is 11.2 Å². The number of allylic oxidation sites excluding steroid dienone is 1. The maximum atomic E-state index is 5.42. The molecule has 0 aliphatic rings. The molecular weight excluding hydrogens is 204 g/mol. The van der Waals surface area contributed by atoms with E-state index in [1.807, 2.05) is 27.0 Å². The molecule has 0 bridgehead atoms. The molecule has 88 valence electrons. The van der Waals surface area contributed by atoms with Gasteiger partial charge in [-0.1, -0.05) is 12.1 Å². The second-order valence-electron chi connectivity index (χ2n) is 3.57. The molecule has 1 heterocycles. The molecular formula is C11H18N4O. The minimum absolute atomic E-state index is 0.496. The van der Waals surface area contributed by atoms with Gasteiger partial charge in [0.15, 0.2) is 0 Å². The predicted octanol–water partition coefficient (Wildman–Crippen LogP) is 1.54. The number of hydrogen-bond donors (Lipinski definition) is 1. The molecule has 5 nitrogen and oxygen atoms in total. The van der Waals surface area contributed by atoms with Crippen molar-refractivity contribution in [2.45, 2.75) is 27.2 Å². The summed E-state index contributed by atoms with van der Waals surface area (Å²) in [7, 11) is 0. The fraction of sp³-hybridized carbons (Fsp3) is 0.455. The molecule has 0 aromatic carbocycles. The third-order valence-electron chi connectivity index (χ3n) is 2.09. The predicted molar refractivity (Wildman–Crippen MR) is 63.2 cm³/mol. The van der Waals surface area contributed by atoms with Crippen LogP contribution in [0.1, 0.15) is 26.5 Å². The molecule has 0 fully saturated rings. The van der Waals surface area contributed by atoms with Gasteiger partial charge in [-0.15, -0.1) is 5.10 Å². The number of hydrogen-bond acceptors (Lipinski definition) is 4. The zero-order valence-electron chi connectivity index (χ0n) is 9.97. The molecule has 0 unspecified atom stereocenters. The summed E-state index contributed by atoms with van der Waals surface area (Å²) in [5.41, 5.74) is 8.24. The SMILES string of the molecule is CCc1cn(/C(C)=C/O/C=C(\C)CN)nn1. The molecule has 0 aliphatic carbocycles. The number of aryl methyl sites for hydroxylation is 1. The highest BCUT2D eigenvalue weighted by Gasteiger charge is 1.99. The fourth-order valence-corrected chi connectivity index (χ4v) is 0.984. The molecule has 1 rings (SSSR count). The lowest BCUT2D eigenvalue weighted by atomic mass is 10.3. The summed E-state index contributed by atoms with van der Waals surface area (Å²) in [6.45, 7) is 6.35. The Bertz CT molecular complexity index is 392. The topological polar surface area (TPSA) is 66.0 Å². The van der Waals surface area contributed by atoms with E-state index >= 15 is 0 Å². The van der Waals surface area contributed by atoms with E-state index in [0.717, 1.165) is 23.4 Å². The summed E-state index contributed by atoms with van der Waals surface area (Å²) in [5.74, 6) is 0. The lowest BCUT2D eigenvalue weighted by Crippen LogP contribution is -2.00. The van der Waals surface area contributed by atoms with E-state index in [0.29, 0.717) is 6.54 Å². The molecule has 16 heavy (non-hydrogen) atoms. The average molecular weight is 222 g/mol. The van der Waals surface area contributed by atoms with Gasteiger partial charge < -0.3 is 10.5 Å². The van der Waals surface area contributed by atoms with E-state index in [1.165, 1.54) is 0 Å². The van der Waals surface area contributed by atoms with Crippen LogP contribution < -0.4 is 5.73 Å². The van der Waals surface area contributed by atoms with Gasteiger partial charge in [0.25, 0.3) is 0 Å². The number of ether oxygens (including phenoxy) is 1.